The lowest BCUT2D eigenvalue weighted by atomic mass is 10.1. The molecule has 6 nitrogen and oxygen atoms in total. The number of para-hydroxylation sites is 1. The molecule has 0 aliphatic rings. The molecule has 0 saturated carbocycles. The van der Waals surface area contributed by atoms with Crippen molar-refractivity contribution < 1.29 is 19.4 Å². The highest BCUT2D eigenvalue weighted by Crippen LogP contribution is 2.29. The number of nitrogens with zero attached hydrogens (tertiary/aromatic N) is 1. The number of ether oxygens (including phenoxy) is 1. The van der Waals surface area contributed by atoms with Crippen molar-refractivity contribution in [2.75, 3.05) is 0 Å². The van der Waals surface area contributed by atoms with Gasteiger partial charge in [0.1, 0.15) is 16.5 Å². The normalized spacial score (nSPS) is 10.7. The molecule has 1 amide bonds. The molecule has 1 heterocycles. The average molecular weight is 418 g/mol. The molecule has 4 aromatic rings. The molecule has 0 unspecified atom stereocenters. The molecule has 0 fully saturated rings. The lowest BCUT2D eigenvalue weighted by molar-refractivity contribution is -0.120. The first-order valence-corrected chi connectivity index (χ1v) is 10.1. The van der Waals surface area contributed by atoms with Gasteiger partial charge in [0.15, 0.2) is 0 Å². The molecule has 4 rings (SSSR count). The number of thiazole rings is 1. The van der Waals surface area contributed by atoms with Gasteiger partial charge in [-0.15, -0.1) is 11.3 Å². The maximum absolute atomic E-state index is 12.3. The fourth-order valence-electron chi connectivity index (χ4n) is 2.93. The number of carbonyl (C=O) groups excluding carboxylic acids is 1. The summed E-state index contributed by atoms with van der Waals surface area (Å²) in [6.07, 6.45) is 0.160. The van der Waals surface area contributed by atoms with Crippen LogP contribution in [0.4, 0.5) is 0 Å². The topological polar surface area (TPSA) is 88.5 Å². The monoisotopic (exact) mass is 418 g/mol. The molecule has 1 aromatic heterocycles. The Morgan fingerprint density at radius 3 is 2.60 bits per heavy atom. The van der Waals surface area contributed by atoms with Gasteiger partial charge in [-0.2, -0.15) is 0 Å². The zero-order valence-electron chi connectivity index (χ0n) is 15.9. The molecule has 2 N–H and O–H groups in total. The Kier molecular flexibility index (Phi) is 5.72. The van der Waals surface area contributed by atoms with E-state index in [-0.39, 0.29) is 24.4 Å². The number of amides is 1. The van der Waals surface area contributed by atoms with Crippen molar-refractivity contribution in [2.24, 2.45) is 0 Å². The van der Waals surface area contributed by atoms with Gasteiger partial charge >= 0.3 is 5.97 Å². The van der Waals surface area contributed by atoms with Crippen LogP contribution < -0.4 is 10.1 Å². The van der Waals surface area contributed by atoms with Crippen LogP contribution in [0.5, 0.6) is 11.5 Å². The number of carbonyl (C=O) groups is 2. The van der Waals surface area contributed by atoms with E-state index in [1.165, 1.54) is 17.4 Å². The van der Waals surface area contributed by atoms with E-state index in [0.29, 0.717) is 10.8 Å². The molecule has 0 spiro atoms. The molecular formula is C23H18N2O4S. The molecule has 0 saturated heterocycles. The van der Waals surface area contributed by atoms with E-state index in [1.54, 1.807) is 18.2 Å². The van der Waals surface area contributed by atoms with E-state index >= 15 is 0 Å². The van der Waals surface area contributed by atoms with Crippen LogP contribution in [0.3, 0.4) is 0 Å². The molecule has 30 heavy (non-hydrogen) atoms. The molecule has 0 atom stereocenters. The second-order valence-corrected chi connectivity index (χ2v) is 7.73. The number of hydrogen-bond acceptors (Lipinski definition) is 5. The van der Waals surface area contributed by atoms with E-state index in [2.05, 4.69) is 10.3 Å². The number of aromatic carboxylic acids is 1. The summed E-state index contributed by atoms with van der Waals surface area (Å²) in [6, 6.07) is 21.7. The van der Waals surface area contributed by atoms with E-state index in [4.69, 9.17) is 9.84 Å². The van der Waals surface area contributed by atoms with Crippen LogP contribution in [0.25, 0.3) is 10.2 Å². The summed E-state index contributed by atoms with van der Waals surface area (Å²) in [4.78, 5) is 27.9. The smallest absolute Gasteiger partial charge is 0.335 e. The number of hydrogen-bond donors (Lipinski definition) is 2. The number of nitrogens with one attached hydrogen (secondary N) is 1. The van der Waals surface area contributed by atoms with Crippen molar-refractivity contribution in [3.05, 3.63) is 88.9 Å². The molecule has 0 bridgehead atoms. The van der Waals surface area contributed by atoms with Crippen LogP contribution in [0.15, 0.2) is 72.8 Å². The Balaban J connectivity index is 1.39. The van der Waals surface area contributed by atoms with Gasteiger partial charge in [-0.25, -0.2) is 9.78 Å². The van der Waals surface area contributed by atoms with E-state index in [1.807, 2.05) is 48.5 Å². The van der Waals surface area contributed by atoms with Gasteiger partial charge < -0.3 is 15.2 Å². The highest BCUT2D eigenvalue weighted by Gasteiger charge is 2.11. The SMILES string of the molecule is O=C(Cc1nc2ccc(Oc3ccccc3)cc2s1)NCc1cccc(C(=O)O)c1. The minimum Gasteiger partial charge on any atom is -0.478 e. The molecule has 3 aromatic carbocycles. The second-order valence-electron chi connectivity index (χ2n) is 6.61. The summed E-state index contributed by atoms with van der Waals surface area (Å²) < 4.78 is 6.79. The number of fused-ring (bicyclic) bond motifs is 1. The predicted molar refractivity (Wildman–Crippen MR) is 115 cm³/mol. The van der Waals surface area contributed by atoms with E-state index in [0.717, 1.165) is 21.5 Å². The van der Waals surface area contributed by atoms with Crippen LogP contribution >= 0.6 is 11.3 Å². The van der Waals surface area contributed by atoms with Crippen LogP contribution in [-0.2, 0) is 17.8 Å². The van der Waals surface area contributed by atoms with Crippen molar-refractivity contribution in [1.29, 1.82) is 0 Å². The van der Waals surface area contributed by atoms with Crippen molar-refractivity contribution in [1.82, 2.24) is 10.3 Å². The van der Waals surface area contributed by atoms with Crippen LogP contribution in [0.1, 0.15) is 20.9 Å². The zero-order chi connectivity index (χ0) is 20.9. The highest BCUT2D eigenvalue weighted by molar-refractivity contribution is 7.18. The minimum atomic E-state index is -0.992. The Hall–Kier alpha value is -3.71. The summed E-state index contributed by atoms with van der Waals surface area (Å²) in [6.45, 7) is 0.264. The Labute approximate surface area is 176 Å². The largest absolute Gasteiger partial charge is 0.478 e. The van der Waals surface area contributed by atoms with E-state index in [9.17, 15) is 9.59 Å². The molecule has 0 aliphatic heterocycles. The molecule has 7 heteroatoms. The van der Waals surface area contributed by atoms with Gasteiger partial charge in [0.25, 0.3) is 0 Å². The van der Waals surface area contributed by atoms with Crippen LogP contribution in [-0.4, -0.2) is 22.0 Å². The maximum Gasteiger partial charge on any atom is 0.335 e. The first-order chi connectivity index (χ1) is 14.6. The number of carboxylic acid groups (broad SMARTS) is 1. The van der Waals surface area contributed by atoms with Crippen molar-refractivity contribution in [3.8, 4) is 11.5 Å². The third-order valence-electron chi connectivity index (χ3n) is 4.36. The van der Waals surface area contributed by atoms with E-state index < -0.39 is 5.97 Å². The zero-order valence-corrected chi connectivity index (χ0v) is 16.7. The minimum absolute atomic E-state index is 0.160. The van der Waals surface area contributed by atoms with Crippen molar-refractivity contribution in [3.63, 3.8) is 0 Å². The van der Waals surface area contributed by atoms with Crippen molar-refractivity contribution >= 4 is 33.4 Å². The van der Waals surface area contributed by atoms with Gasteiger partial charge in [-0.1, -0.05) is 30.3 Å². The highest BCUT2D eigenvalue weighted by atomic mass is 32.1. The van der Waals surface area contributed by atoms with Gasteiger partial charge in [0, 0.05) is 12.6 Å². The third-order valence-corrected chi connectivity index (χ3v) is 5.38. The summed E-state index contributed by atoms with van der Waals surface area (Å²) >= 11 is 1.45. The second kappa shape index (κ2) is 8.75. The summed E-state index contributed by atoms with van der Waals surface area (Å²) in [5.74, 6) is 0.309. The Bertz CT molecular complexity index is 1200. The Morgan fingerprint density at radius 1 is 0.967 bits per heavy atom. The van der Waals surface area contributed by atoms with Gasteiger partial charge in [-0.3, -0.25) is 4.79 Å². The Morgan fingerprint density at radius 2 is 1.80 bits per heavy atom. The maximum atomic E-state index is 12.3. The number of aromatic nitrogens is 1. The predicted octanol–water partition coefficient (Wildman–Crippen LogP) is 4.65. The lowest BCUT2D eigenvalue weighted by Crippen LogP contribution is -2.24. The van der Waals surface area contributed by atoms with Gasteiger partial charge in [-0.05, 0) is 42.0 Å². The molecule has 150 valence electrons. The molecule has 0 aliphatic carbocycles. The average Bonchev–Trinajstić information content (AvgIpc) is 3.14. The number of benzene rings is 3. The fraction of sp³-hybridized carbons (Fsp3) is 0.0870. The number of carboxylic acids is 1. The first kappa shape index (κ1) is 19.6. The van der Waals surface area contributed by atoms with Crippen molar-refractivity contribution in [2.45, 2.75) is 13.0 Å². The van der Waals surface area contributed by atoms with Crippen LogP contribution in [0.2, 0.25) is 0 Å². The summed E-state index contributed by atoms with van der Waals surface area (Å²) in [7, 11) is 0. The molecule has 0 radical (unpaired) electrons. The third kappa shape index (κ3) is 4.82. The molecular weight excluding hydrogens is 400 g/mol. The first-order valence-electron chi connectivity index (χ1n) is 9.28. The quantitative estimate of drug-likeness (QED) is 0.456. The standard InChI is InChI=1S/C23H18N2O4S/c26-21(24-14-15-5-4-6-16(11-15)23(27)28)13-22-25-19-10-9-18(12-20(19)30-22)29-17-7-2-1-3-8-17/h1-12H,13-14H2,(H,24,26)(H,27,28). The number of rotatable bonds is 7. The summed E-state index contributed by atoms with van der Waals surface area (Å²) in [5.41, 5.74) is 1.74. The fourth-order valence-corrected chi connectivity index (χ4v) is 3.93. The van der Waals surface area contributed by atoms with Gasteiger partial charge in [0.05, 0.1) is 22.2 Å². The van der Waals surface area contributed by atoms with Gasteiger partial charge in [0.2, 0.25) is 5.91 Å². The van der Waals surface area contributed by atoms with Crippen LogP contribution in [0, 0.1) is 0 Å². The lowest BCUT2D eigenvalue weighted by Gasteiger charge is -2.05. The summed E-state index contributed by atoms with van der Waals surface area (Å²) in [5, 5.41) is 12.6.